The van der Waals surface area contributed by atoms with E-state index in [1.165, 1.54) is 6.92 Å². The summed E-state index contributed by atoms with van der Waals surface area (Å²) in [7, 11) is 0. The van der Waals surface area contributed by atoms with Gasteiger partial charge in [-0.15, -0.1) is 0 Å². The van der Waals surface area contributed by atoms with Gasteiger partial charge in [0.25, 0.3) is 0 Å². The Balaban J connectivity index is 3.64. The van der Waals surface area contributed by atoms with E-state index in [1.807, 2.05) is 0 Å². The zero-order valence-corrected chi connectivity index (χ0v) is 5.83. The molecule has 0 spiro atoms. The van der Waals surface area contributed by atoms with Crippen LogP contribution in [0.15, 0.2) is 0 Å². The number of thioether (sulfide) groups is 1. The number of rotatable bonds is 1. The van der Waals surface area contributed by atoms with Gasteiger partial charge in [-0.2, -0.15) is 0 Å². The fourth-order valence-electron chi connectivity index (χ4n) is 0.204. The quantitative estimate of drug-likeness (QED) is 0.310. The van der Waals surface area contributed by atoms with Crippen LogP contribution in [-0.2, 0) is 0 Å². The number of amidine groups is 1. The normalized spacial score (nSPS) is 12.7. The van der Waals surface area contributed by atoms with Crippen molar-refractivity contribution in [3.63, 3.8) is 0 Å². The molecule has 1 unspecified atom stereocenters. The molecule has 9 heavy (non-hydrogen) atoms. The lowest BCUT2D eigenvalue weighted by molar-refractivity contribution is 0.264. The summed E-state index contributed by atoms with van der Waals surface area (Å²) in [5, 5.41) is 22.2. The number of nitrogens with two attached hydrogens (primary N) is 1. The van der Waals surface area contributed by atoms with E-state index in [9.17, 15) is 0 Å². The molecule has 0 fully saturated rings. The molecule has 0 radical (unpaired) electrons. The van der Waals surface area contributed by atoms with Crippen LogP contribution in [0.5, 0.6) is 0 Å². The van der Waals surface area contributed by atoms with Crippen molar-refractivity contribution in [2.24, 2.45) is 5.73 Å². The minimum absolute atomic E-state index is 0.00231. The molecule has 4 nitrogen and oxygen atoms in total. The Morgan fingerprint density at radius 1 is 1.67 bits per heavy atom. The average Bonchev–Trinajstić information content (AvgIpc) is 1.63. The van der Waals surface area contributed by atoms with Crippen molar-refractivity contribution in [2.75, 3.05) is 0 Å². The van der Waals surface area contributed by atoms with Crippen molar-refractivity contribution < 1.29 is 5.11 Å². The van der Waals surface area contributed by atoms with Gasteiger partial charge in [0, 0.05) is 0 Å². The molecule has 0 aliphatic carbocycles. The molecule has 0 saturated carbocycles. The maximum atomic E-state index is 8.67. The van der Waals surface area contributed by atoms with Crippen LogP contribution >= 0.6 is 11.8 Å². The van der Waals surface area contributed by atoms with Gasteiger partial charge in [0.05, 0.1) is 6.10 Å². The third kappa shape index (κ3) is 3.99. The summed E-state index contributed by atoms with van der Waals surface area (Å²) in [6.07, 6.45) is -0.820. The highest BCUT2D eigenvalue weighted by atomic mass is 32.2. The summed E-state index contributed by atoms with van der Waals surface area (Å²) in [4.78, 5) is 0. The summed E-state index contributed by atoms with van der Waals surface area (Å²) in [6.45, 7) is 1.46. The van der Waals surface area contributed by atoms with E-state index in [0.29, 0.717) is 0 Å². The smallest absolute Gasteiger partial charge is 0.157 e. The van der Waals surface area contributed by atoms with Gasteiger partial charge < -0.3 is 10.8 Å². The van der Waals surface area contributed by atoms with Gasteiger partial charge in [-0.25, -0.2) is 0 Å². The molecule has 0 rings (SSSR count). The fraction of sp³-hybridized carbons (Fsp3) is 0.500. The molecular formula is C4H9N3OS. The van der Waals surface area contributed by atoms with E-state index < -0.39 is 6.10 Å². The Hall–Kier alpha value is -0.550. The molecule has 0 amide bonds. The summed E-state index contributed by atoms with van der Waals surface area (Å²) in [6, 6.07) is 0. The molecule has 5 heteroatoms. The summed E-state index contributed by atoms with van der Waals surface area (Å²) in [5.41, 5.74) is 4.93. The molecule has 0 heterocycles. The molecule has 0 aromatic heterocycles. The van der Waals surface area contributed by atoms with Gasteiger partial charge in [0.15, 0.2) is 5.17 Å². The molecule has 0 aromatic rings. The Kier molecular flexibility index (Phi) is 3.26. The van der Waals surface area contributed by atoms with E-state index in [-0.39, 0.29) is 10.2 Å². The van der Waals surface area contributed by atoms with E-state index in [2.05, 4.69) is 0 Å². The number of hydrogen-bond donors (Lipinski definition) is 4. The molecule has 0 saturated heterocycles. The lowest BCUT2D eigenvalue weighted by Gasteiger charge is -2.02. The fourth-order valence-corrected chi connectivity index (χ4v) is 0.611. The highest BCUT2D eigenvalue weighted by Crippen LogP contribution is 2.03. The van der Waals surface area contributed by atoms with Crippen LogP contribution in [0.1, 0.15) is 6.92 Å². The molecule has 5 N–H and O–H groups in total. The molecule has 0 aliphatic rings. The highest BCUT2D eigenvalue weighted by molar-refractivity contribution is 8.26. The van der Waals surface area contributed by atoms with Crippen LogP contribution in [0, 0.1) is 10.8 Å². The molecule has 0 aliphatic heterocycles. The minimum Gasteiger partial charge on any atom is -0.387 e. The second-order valence-corrected chi connectivity index (χ2v) is 2.59. The molecule has 52 valence electrons. The maximum absolute atomic E-state index is 8.67. The Morgan fingerprint density at radius 3 is 2.22 bits per heavy atom. The first kappa shape index (κ1) is 8.45. The second-order valence-electron chi connectivity index (χ2n) is 1.51. The van der Waals surface area contributed by atoms with Crippen LogP contribution in [0.25, 0.3) is 0 Å². The molecular weight excluding hydrogens is 138 g/mol. The Morgan fingerprint density at radius 2 is 2.11 bits per heavy atom. The summed E-state index contributed by atoms with van der Waals surface area (Å²) >= 11 is 0.757. The third-order valence-corrected chi connectivity index (χ3v) is 1.38. The number of aliphatic hydroxyl groups is 1. The van der Waals surface area contributed by atoms with E-state index in [4.69, 9.17) is 21.7 Å². The predicted molar refractivity (Wildman–Crippen MR) is 38.9 cm³/mol. The first-order valence-corrected chi connectivity index (χ1v) is 3.14. The number of hydrogen-bond acceptors (Lipinski definition) is 4. The third-order valence-electron chi connectivity index (χ3n) is 0.599. The first-order valence-electron chi connectivity index (χ1n) is 2.32. The van der Waals surface area contributed by atoms with Crippen molar-refractivity contribution in [2.45, 2.75) is 13.0 Å². The van der Waals surface area contributed by atoms with E-state index in [0.717, 1.165) is 11.8 Å². The van der Waals surface area contributed by atoms with E-state index in [1.54, 1.807) is 0 Å². The van der Waals surface area contributed by atoms with Crippen molar-refractivity contribution in [1.29, 1.82) is 10.8 Å². The van der Waals surface area contributed by atoms with Gasteiger partial charge in [-0.3, -0.25) is 10.8 Å². The monoisotopic (exact) mass is 147 g/mol. The van der Waals surface area contributed by atoms with Gasteiger partial charge >= 0.3 is 0 Å². The highest BCUT2D eigenvalue weighted by Gasteiger charge is 2.05. The molecule has 1 atom stereocenters. The van der Waals surface area contributed by atoms with Crippen LogP contribution < -0.4 is 5.73 Å². The van der Waals surface area contributed by atoms with E-state index >= 15 is 0 Å². The SMILES string of the molecule is CC(O)C(=N)SC(=N)N. The zero-order chi connectivity index (χ0) is 7.44. The average molecular weight is 147 g/mol. The standard InChI is InChI=1S/C4H9N3OS/c1-2(8)3(5)9-4(6)7/h2,5,8H,1H3,(H3,6,7). The van der Waals surface area contributed by atoms with Gasteiger partial charge in [-0.1, -0.05) is 0 Å². The first-order chi connectivity index (χ1) is 4.04. The van der Waals surface area contributed by atoms with Crippen molar-refractivity contribution >= 4 is 22.0 Å². The van der Waals surface area contributed by atoms with Crippen LogP contribution in [-0.4, -0.2) is 21.4 Å². The maximum Gasteiger partial charge on any atom is 0.157 e. The molecule has 0 aromatic carbocycles. The van der Waals surface area contributed by atoms with Crippen molar-refractivity contribution in [3.05, 3.63) is 0 Å². The van der Waals surface area contributed by atoms with Crippen LogP contribution in [0.3, 0.4) is 0 Å². The number of nitrogens with one attached hydrogen (secondary N) is 2. The van der Waals surface area contributed by atoms with Crippen LogP contribution in [0.4, 0.5) is 0 Å². The Bertz CT molecular complexity index is 134. The van der Waals surface area contributed by atoms with Gasteiger partial charge in [0.2, 0.25) is 0 Å². The van der Waals surface area contributed by atoms with Gasteiger partial charge in [0.1, 0.15) is 5.04 Å². The Labute approximate surface area is 57.5 Å². The lowest BCUT2D eigenvalue weighted by atomic mass is 10.5. The summed E-state index contributed by atoms with van der Waals surface area (Å²) in [5.74, 6) is 0. The zero-order valence-electron chi connectivity index (χ0n) is 5.01. The van der Waals surface area contributed by atoms with Crippen LogP contribution in [0.2, 0.25) is 0 Å². The van der Waals surface area contributed by atoms with Gasteiger partial charge in [-0.05, 0) is 18.7 Å². The molecule has 0 bridgehead atoms. The topological polar surface area (TPSA) is 94.0 Å². The van der Waals surface area contributed by atoms with Crippen molar-refractivity contribution in [1.82, 2.24) is 0 Å². The number of aliphatic hydroxyl groups excluding tert-OH is 1. The predicted octanol–water partition coefficient (Wildman–Crippen LogP) is -0.0289. The minimum atomic E-state index is -0.820. The lowest BCUT2D eigenvalue weighted by Crippen LogP contribution is -2.16. The largest absolute Gasteiger partial charge is 0.387 e. The second kappa shape index (κ2) is 3.47. The summed E-state index contributed by atoms with van der Waals surface area (Å²) < 4.78 is 0. The van der Waals surface area contributed by atoms with Crippen molar-refractivity contribution in [3.8, 4) is 0 Å².